The van der Waals surface area contributed by atoms with Crippen LogP contribution in [0.3, 0.4) is 0 Å². The topological polar surface area (TPSA) is 114 Å². The number of amides is 1. The predicted molar refractivity (Wildman–Crippen MR) is 390 cm³/mol. The van der Waals surface area contributed by atoms with Crippen LogP contribution in [0.2, 0.25) is 0 Å². The van der Waals surface area contributed by atoms with Gasteiger partial charge in [0, 0.05) is 12.8 Å². The van der Waals surface area contributed by atoms with Crippen LogP contribution in [-0.4, -0.2) is 69.4 Å². The summed E-state index contributed by atoms with van der Waals surface area (Å²) in [6, 6.07) is -0.893. The molecular weight excluding hydrogens is 1130 g/mol. The van der Waals surface area contributed by atoms with Crippen molar-refractivity contribution >= 4 is 19.7 Å². The molecule has 10 heteroatoms. The monoisotopic (exact) mass is 1280 g/mol. The Labute approximate surface area is 558 Å². The highest BCUT2D eigenvalue weighted by molar-refractivity contribution is 7.45. The van der Waals surface area contributed by atoms with Gasteiger partial charge in [-0.2, -0.15) is 0 Å². The molecule has 0 bridgehead atoms. The van der Waals surface area contributed by atoms with Crippen LogP contribution in [0.15, 0.2) is 85.1 Å². The van der Waals surface area contributed by atoms with Crippen LogP contribution in [0.25, 0.3) is 0 Å². The summed E-state index contributed by atoms with van der Waals surface area (Å²) in [4.78, 5) is 40.3. The summed E-state index contributed by atoms with van der Waals surface area (Å²) >= 11 is 0. The average Bonchev–Trinajstić information content (AvgIpc) is 3.12. The molecule has 0 aliphatic carbocycles. The van der Waals surface area contributed by atoms with Gasteiger partial charge in [0.1, 0.15) is 19.3 Å². The van der Waals surface area contributed by atoms with Crippen LogP contribution < -0.4 is 10.2 Å². The van der Waals surface area contributed by atoms with Gasteiger partial charge in [0.05, 0.1) is 33.8 Å². The third-order valence-corrected chi connectivity index (χ3v) is 18.0. The highest BCUT2D eigenvalue weighted by atomic mass is 31.2. The molecule has 0 rings (SSSR count). The fourth-order valence-electron chi connectivity index (χ4n) is 11.2. The van der Waals surface area contributed by atoms with Crippen LogP contribution in [-0.2, 0) is 27.9 Å². The molecule has 0 saturated heterocycles. The minimum absolute atomic E-state index is 0.0237. The highest BCUT2D eigenvalue weighted by Gasteiger charge is 2.27. The normalized spacial score (nSPS) is 13.9. The molecule has 0 aliphatic rings. The van der Waals surface area contributed by atoms with Crippen LogP contribution >= 0.6 is 7.82 Å². The van der Waals surface area contributed by atoms with E-state index in [2.05, 4.69) is 99.0 Å². The lowest BCUT2D eigenvalue weighted by molar-refractivity contribution is -0.870. The van der Waals surface area contributed by atoms with Crippen molar-refractivity contribution in [1.82, 2.24) is 5.32 Å². The summed E-state index contributed by atoms with van der Waals surface area (Å²) in [7, 11) is 1.19. The van der Waals surface area contributed by atoms with Gasteiger partial charge in [0.15, 0.2) is 0 Å². The van der Waals surface area contributed by atoms with E-state index >= 15 is 0 Å². The molecule has 3 unspecified atom stereocenters. The number of phosphoric ester groups is 1. The number of nitrogens with one attached hydrogen (secondary N) is 1. The number of phosphoric acid groups is 1. The van der Waals surface area contributed by atoms with Gasteiger partial charge in [-0.15, -0.1) is 0 Å². The molecule has 0 radical (unpaired) electrons. The van der Waals surface area contributed by atoms with E-state index in [-0.39, 0.29) is 31.5 Å². The SMILES string of the molecule is CC/C=C\C/C=C\C/C=C\C/C=C\C/C=C\CCCCCCCCCCCCCC(=O)OC(/C=C/CCCCCCCCCCCC)C(COP(=O)([O-])OCC[N+](C)(C)C)NC(=O)CCCCCCCCCCCCCCCCC/C=C/CCCCCCCC. The van der Waals surface area contributed by atoms with Gasteiger partial charge >= 0.3 is 5.97 Å². The number of carbonyl (C=O) groups excluding carboxylic acids is 2. The van der Waals surface area contributed by atoms with Crippen LogP contribution in [0.5, 0.6) is 0 Å². The number of rotatable bonds is 70. The Morgan fingerprint density at radius 1 is 0.400 bits per heavy atom. The Morgan fingerprint density at radius 3 is 1.08 bits per heavy atom. The van der Waals surface area contributed by atoms with Crippen LogP contribution in [0.1, 0.15) is 361 Å². The Kier molecular flexibility index (Phi) is 66.9. The fraction of sp³-hybridized carbons (Fsp3) is 0.800. The van der Waals surface area contributed by atoms with Crippen molar-refractivity contribution in [3.8, 4) is 0 Å². The van der Waals surface area contributed by atoms with E-state index in [1.54, 1.807) is 0 Å². The van der Waals surface area contributed by atoms with Gasteiger partial charge in [-0.05, 0) is 102 Å². The van der Waals surface area contributed by atoms with Crippen LogP contribution in [0, 0.1) is 0 Å². The number of nitrogens with zero attached hydrogens (tertiary/aromatic N) is 1. The molecular formula is C80H147N2O7P. The largest absolute Gasteiger partial charge is 0.756 e. The zero-order valence-electron chi connectivity index (χ0n) is 60.1. The number of esters is 1. The maximum atomic E-state index is 13.6. The number of hydrogen-bond donors (Lipinski definition) is 1. The highest BCUT2D eigenvalue weighted by Crippen LogP contribution is 2.38. The minimum Gasteiger partial charge on any atom is -0.756 e. The Bertz CT molecular complexity index is 1810. The van der Waals surface area contributed by atoms with E-state index in [9.17, 15) is 19.0 Å². The van der Waals surface area contributed by atoms with Crippen molar-refractivity contribution in [2.75, 3.05) is 40.9 Å². The molecule has 0 aliphatic heterocycles. The van der Waals surface area contributed by atoms with E-state index in [0.29, 0.717) is 17.4 Å². The van der Waals surface area contributed by atoms with Crippen molar-refractivity contribution in [1.29, 1.82) is 0 Å². The molecule has 0 aromatic rings. The number of hydrogen-bond acceptors (Lipinski definition) is 7. The summed E-state index contributed by atoms with van der Waals surface area (Å²) in [5.74, 6) is -0.532. The third kappa shape index (κ3) is 69.5. The summed E-state index contributed by atoms with van der Waals surface area (Å²) in [6.45, 7) is 6.77. The maximum Gasteiger partial charge on any atom is 0.306 e. The molecule has 1 N–H and O–H groups in total. The van der Waals surface area contributed by atoms with Gasteiger partial charge in [-0.3, -0.25) is 14.2 Å². The number of quaternary nitrogens is 1. The maximum absolute atomic E-state index is 13.6. The first-order valence-electron chi connectivity index (χ1n) is 38.4. The predicted octanol–water partition coefficient (Wildman–Crippen LogP) is 24.2. The Balaban J connectivity index is 4.97. The molecule has 524 valence electrons. The quantitative estimate of drug-likeness (QED) is 0.0212. The van der Waals surface area contributed by atoms with Crippen molar-refractivity contribution in [3.05, 3.63) is 85.1 Å². The summed E-state index contributed by atoms with van der Waals surface area (Å²) in [6.07, 6.45) is 92.9. The van der Waals surface area contributed by atoms with Gasteiger partial charge in [-0.1, -0.05) is 331 Å². The van der Waals surface area contributed by atoms with E-state index in [1.165, 1.54) is 238 Å². The second-order valence-electron chi connectivity index (χ2n) is 27.1. The number of unbranched alkanes of at least 4 members (excludes halogenated alkanes) is 42. The smallest absolute Gasteiger partial charge is 0.306 e. The molecule has 0 aromatic heterocycles. The second-order valence-corrected chi connectivity index (χ2v) is 28.5. The standard InChI is InChI=1S/C80H147N2O7P/c1-7-10-13-16-19-22-25-28-30-32-34-36-38-40-41-43-45-47-49-51-53-55-58-61-64-67-70-73-80(84)89-78(71-68-65-62-59-56-27-24-21-18-15-12-9-3)77(76-88-90(85,86)87-75-74-82(4,5)6)81-79(83)72-69-66-63-60-57-54-52-50-48-46-44-42-39-37-35-33-31-29-26-23-20-17-14-11-8-2/h10,13,19,22,28-31,34,36,40-41,68,71,77-78H,7-9,11-12,14-18,20-21,23-27,32-33,35,37-39,42-67,69-70,72-76H2,1-6H3,(H-,81,83,85,86)/b13-10-,22-19-,30-28-,31-29+,36-34-,41-40-,71-68+. The molecule has 1 amide bonds. The lowest BCUT2D eigenvalue weighted by atomic mass is 10.0. The van der Waals surface area contributed by atoms with Crippen molar-refractivity contribution in [2.24, 2.45) is 0 Å². The van der Waals surface area contributed by atoms with E-state index in [4.69, 9.17) is 13.8 Å². The Hall–Kier alpha value is -2.81. The lowest BCUT2D eigenvalue weighted by Crippen LogP contribution is -2.47. The molecule has 0 aromatic carbocycles. The van der Waals surface area contributed by atoms with Gasteiger partial charge in [0.25, 0.3) is 7.82 Å². The zero-order chi connectivity index (χ0) is 65.6. The molecule has 90 heavy (non-hydrogen) atoms. The van der Waals surface area contributed by atoms with Gasteiger partial charge < -0.3 is 28.5 Å². The number of carbonyl (C=O) groups is 2. The lowest BCUT2D eigenvalue weighted by Gasteiger charge is -2.30. The van der Waals surface area contributed by atoms with Crippen LogP contribution in [0.4, 0.5) is 0 Å². The number of allylic oxidation sites excluding steroid dienone is 13. The summed E-state index contributed by atoms with van der Waals surface area (Å²) < 4.78 is 30.5. The molecule has 0 heterocycles. The van der Waals surface area contributed by atoms with E-state index in [1.807, 2.05) is 33.3 Å². The van der Waals surface area contributed by atoms with E-state index < -0.39 is 20.0 Å². The van der Waals surface area contributed by atoms with E-state index in [0.717, 1.165) is 89.9 Å². The van der Waals surface area contributed by atoms with Gasteiger partial charge in [-0.25, -0.2) is 0 Å². The molecule has 0 spiro atoms. The first-order chi connectivity index (χ1) is 43.9. The average molecular weight is 1280 g/mol. The number of likely N-dealkylation sites (N-methyl/N-ethyl adjacent to an activating group) is 1. The fourth-order valence-corrected chi connectivity index (χ4v) is 11.9. The third-order valence-electron chi connectivity index (χ3n) is 17.1. The van der Waals surface area contributed by atoms with Crippen molar-refractivity contribution in [2.45, 2.75) is 373 Å². The summed E-state index contributed by atoms with van der Waals surface area (Å²) in [5, 5.41) is 3.05. The van der Waals surface area contributed by atoms with Crippen molar-refractivity contribution < 1.29 is 37.3 Å². The first-order valence-corrected chi connectivity index (χ1v) is 39.9. The minimum atomic E-state index is -4.71. The first kappa shape index (κ1) is 87.2. The second kappa shape index (κ2) is 69.0. The number of ether oxygens (including phenoxy) is 1. The molecule has 0 saturated carbocycles. The Morgan fingerprint density at radius 2 is 0.711 bits per heavy atom. The van der Waals surface area contributed by atoms with Crippen molar-refractivity contribution in [3.63, 3.8) is 0 Å². The molecule has 0 fully saturated rings. The van der Waals surface area contributed by atoms with Gasteiger partial charge in [0.2, 0.25) is 5.91 Å². The zero-order valence-corrected chi connectivity index (χ0v) is 61.0. The molecule has 9 nitrogen and oxygen atoms in total. The summed E-state index contributed by atoms with van der Waals surface area (Å²) in [5.41, 5.74) is 0. The molecule has 3 atom stereocenters.